The van der Waals surface area contributed by atoms with Crippen molar-refractivity contribution in [2.45, 2.75) is 11.3 Å². The molecule has 0 saturated carbocycles. The molecule has 35 heavy (non-hydrogen) atoms. The smallest absolute Gasteiger partial charge is 0.243 e. The fraction of sp³-hybridized carbons (Fsp3) is 0.296. The first kappa shape index (κ1) is 24.9. The van der Waals surface area contributed by atoms with Crippen molar-refractivity contribution >= 4 is 15.9 Å². The minimum Gasteiger partial charge on any atom is -0.497 e. The molecule has 0 atom stereocenters. The molecule has 0 aliphatic carbocycles. The summed E-state index contributed by atoms with van der Waals surface area (Å²) in [5.74, 6) is 0.609. The van der Waals surface area contributed by atoms with Crippen molar-refractivity contribution in [3.05, 3.63) is 84.4 Å². The van der Waals surface area contributed by atoms with E-state index in [1.165, 1.54) is 4.31 Å². The number of ether oxygens (including phenoxy) is 1. The lowest BCUT2D eigenvalue weighted by Gasteiger charge is -2.34. The van der Waals surface area contributed by atoms with Crippen molar-refractivity contribution in [1.82, 2.24) is 14.5 Å². The minimum atomic E-state index is -3.52. The highest BCUT2D eigenvalue weighted by atomic mass is 32.2. The van der Waals surface area contributed by atoms with Crippen LogP contribution < -0.4 is 10.1 Å². The molecular weight excluding hydrogens is 462 g/mol. The van der Waals surface area contributed by atoms with Gasteiger partial charge in [0.1, 0.15) is 5.75 Å². The molecular formula is C27H31N3O4S. The Kier molecular flexibility index (Phi) is 8.17. The number of sulfonamides is 1. The average molecular weight is 494 g/mol. The van der Waals surface area contributed by atoms with E-state index in [9.17, 15) is 13.2 Å². The maximum absolute atomic E-state index is 12.9. The van der Waals surface area contributed by atoms with E-state index in [2.05, 4.69) is 22.3 Å². The predicted molar refractivity (Wildman–Crippen MR) is 137 cm³/mol. The van der Waals surface area contributed by atoms with Gasteiger partial charge in [0, 0.05) is 39.3 Å². The number of hydrogen-bond donors (Lipinski definition) is 1. The highest BCUT2D eigenvalue weighted by molar-refractivity contribution is 7.89. The maximum atomic E-state index is 12.9. The van der Waals surface area contributed by atoms with Crippen LogP contribution in [-0.4, -0.2) is 69.9 Å². The molecule has 1 fully saturated rings. The molecule has 3 aromatic rings. The lowest BCUT2D eigenvalue weighted by molar-refractivity contribution is -0.120. The summed E-state index contributed by atoms with van der Waals surface area (Å²) < 4.78 is 32.4. The molecule has 3 aromatic carbocycles. The van der Waals surface area contributed by atoms with Gasteiger partial charge < -0.3 is 10.1 Å². The van der Waals surface area contributed by atoms with Gasteiger partial charge in [-0.25, -0.2) is 8.42 Å². The lowest BCUT2D eigenvalue weighted by atomic mass is 10.0. The third-order valence-corrected chi connectivity index (χ3v) is 8.12. The minimum absolute atomic E-state index is 0.0156. The summed E-state index contributed by atoms with van der Waals surface area (Å²) in [6, 6.07) is 24.7. The molecule has 0 spiro atoms. The zero-order valence-electron chi connectivity index (χ0n) is 19.9. The first-order valence-corrected chi connectivity index (χ1v) is 13.2. The second-order valence-corrected chi connectivity index (χ2v) is 10.4. The molecule has 1 N–H and O–H groups in total. The molecule has 7 nitrogen and oxygen atoms in total. The Bertz CT molecular complexity index is 1210. The SMILES string of the molecule is COc1ccc(S(=O)(=O)N2CCN(CCNC(=O)Cc3ccc(-c4ccccc4)cc3)CC2)cc1. The van der Waals surface area contributed by atoms with Crippen LogP contribution in [0.2, 0.25) is 0 Å². The molecule has 1 aliphatic rings. The zero-order chi connectivity index (χ0) is 24.7. The zero-order valence-corrected chi connectivity index (χ0v) is 20.7. The second-order valence-electron chi connectivity index (χ2n) is 8.51. The number of amides is 1. The van der Waals surface area contributed by atoms with E-state index in [1.807, 2.05) is 42.5 Å². The van der Waals surface area contributed by atoms with Crippen molar-refractivity contribution in [1.29, 1.82) is 0 Å². The molecule has 1 amide bonds. The van der Waals surface area contributed by atoms with Gasteiger partial charge >= 0.3 is 0 Å². The van der Waals surface area contributed by atoms with Gasteiger partial charge in [-0.05, 0) is 41.0 Å². The number of rotatable bonds is 9. The van der Waals surface area contributed by atoms with E-state index in [4.69, 9.17) is 4.74 Å². The Morgan fingerprint density at radius 2 is 1.49 bits per heavy atom. The quantitative estimate of drug-likeness (QED) is 0.496. The van der Waals surface area contributed by atoms with E-state index in [-0.39, 0.29) is 10.8 Å². The molecule has 0 bridgehead atoms. The molecule has 1 heterocycles. The van der Waals surface area contributed by atoms with Crippen LogP contribution in [0.3, 0.4) is 0 Å². The van der Waals surface area contributed by atoms with E-state index in [0.29, 0.717) is 51.4 Å². The number of nitrogens with one attached hydrogen (secondary N) is 1. The van der Waals surface area contributed by atoms with Gasteiger partial charge in [-0.3, -0.25) is 9.69 Å². The first-order valence-electron chi connectivity index (χ1n) is 11.7. The van der Waals surface area contributed by atoms with Gasteiger partial charge in [0.2, 0.25) is 15.9 Å². The number of methoxy groups -OCH3 is 1. The summed E-state index contributed by atoms with van der Waals surface area (Å²) in [5.41, 5.74) is 3.25. The third-order valence-electron chi connectivity index (χ3n) is 6.20. The van der Waals surface area contributed by atoms with Crippen LogP contribution in [0, 0.1) is 0 Å². The summed E-state index contributed by atoms with van der Waals surface area (Å²) in [6.07, 6.45) is 0.336. The molecule has 1 saturated heterocycles. The molecule has 0 aromatic heterocycles. The van der Waals surface area contributed by atoms with Gasteiger partial charge in [0.25, 0.3) is 0 Å². The fourth-order valence-electron chi connectivity index (χ4n) is 4.14. The third kappa shape index (κ3) is 6.48. The molecule has 184 valence electrons. The van der Waals surface area contributed by atoms with E-state index < -0.39 is 10.0 Å². The molecule has 0 unspecified atom stereocenters. The number of carbonyl (C=O) groups is 1. The van der Waals surface area contributed by atoms with Crippen LogP contribution in [0.25, 0.3) is 11.1 Å². The number of piperazine rings is 1. The molecule has 4 rings (SSSR count). The second kappa shape index (κ2) is 11.5. The van der Waals surface area contributed by atoms with Crippen LogP contribution in [0.15, 0.2) is 83.8 Å². The summed E-state index contributed by atoms with van der Waals surface area (Å²) >= 11 is 0. The monoisotopic (exact) mass is 493 g/mol. The average Bonchev–Trinajstić information content (AvgIpc) is 2.90. The standard InChI is InChI=1S/C27H31N3O4S/c1-34-25-11-13-26(14-12-25)35(32,33)30-19-17-29(18-20-30)16-15-28-27(31)21-22-7-9-24(10-8-22)23-5-3-2-4-6-23/h2-14H,15-21H2,1H3,(H,28,31). The highest BCUT2D eigenvalue weighted by Crippen LogP contribution is 2.21. The summed E-state index contributed by atoms with van der Waals surface area (Å²) in [7, 11) is -1.97. The predicted octanol–water partition coefficient (Wildman–Crippen LogP) is 3.03. The van der Waals surface area contributed by atoms with Crippen molar-refractivity contribution in [3.8, 4) is 16.9 Å². The lowest BCUT2D eigenvalue weighted by Crippen LogP contribution is -2.50. The number of carbonyl (C=O) groups excluding carboxylic acids is 1. The van der Waals surface area contributed by atoms with E-state index in [1.54, 1.807) is 31.4 Å². The van der Waals surface area contributed by atoms with Crippen LogP contribution >= 0.6 is 0 Å². The molecule has 0 radical (unpaired) electrons. The van der Waals surface area contributed by atoms with Gasteiger partial charge in [0.05, 0.1) is 18.4 Å². The number of benzene rings is 3. The van der Waals surface area contributed by atoms with E-state index >= 15 is 0 Å². The first-order chi connectivity index (χ1) is 17.0. The van der Waals surface area contributed by atoms with Crippen LogP contribution in [-0.2, 0) is 21.2 Å². The summed E-state index contributed by atoms with van der Waals surface area (Å²) in [5, 5.41) is 2.98. The maximum Gasteiger partial charge on any atom is 0.243 e. The summed E-state index contributed by atoms with van der Waals surface area (Å²) in [4.78, 5) is 14.8. The van der Waals surface area contributed by atoms with Crippen molar-refractivity contribution in [3.63, 3.8) is 0 Å². The van der Waals surface area contributed by atoms with Crippen LogP contribution in [0.4, 0.5) is 0 Å². The summed E-state index contributed by atoms with van der Waals surface area (Å²) in [6.45, 7) is 3.34. The van der Waals surface area contributed by atoms with Gasteiger partial charge in [0.15, 0.2) is 0 Å². The number of hydrogen-bond acceptors (Lipinski definition) is 5. The van der Waals surface area contributed by atoms with Gasteiger partial charge in [-0.15, -0.1) is 0 Å². The Morgan fingerprint density at radius 1 is 0.857 bits per heavy atom. The Balaban J connectivity index is 1.19. The van der Waals surface area contributed by atoms with Gasteiger partial charge in [-0.2, -0.15) is 4.31 Å². The van der Waals surface area contributed by atoms with Crippen molar-refractivity contribution in [2.75, 3.05) is 46.4 Å². The van der Waals surface area contributed by atoms with E-state index in [0.717, 1.165) is 16.7 Å². The van der Waals surface area contributed by atoms with Gasteiger partial charge in [-0.1, -0.05) is 54.6 Å². The Labute approximate surface area is 207 Å². The Hall–Kier alpha value is -3.20. The van der Waals surface area contributed by atoms with Crippen molar-refractivity contribution in [2.24, 2.45) is 0 Å². The largest absolute Gasteiger partial charge is 0.497 e. The van der Waals surface area contributed by atoms with Crippen LogP contribution in [0.5, 0.6) is 5.75 Å². The van der Waals surface area contributed by atoms with Crippen LogP contribution in [0.1, 0.15) is 5.56 Å². The van der Waals surface area contributed by atoms with Crippen molar-refractivity contribution < 1.29 is 17.9 Å². The Morgan fingerprint density at radius 3 is 2.11 bits per heavy atom. The highest BCUT2D eigenvalue weighted by Gasteiger charge is 2.28. The number of nitrogens with zero attached hydrogens (tertiary/aromatic N) is 2. The normalized spacial score (nSPS) is 15.0. The fourth-order valence-corrected chi connectivity index (χ4v) is 5.56. The molecule has 1 aliphatic heterocycles. The molecule has 8 heteroatoms. The topological polar surface area (TPSA) is 79.0 Å².